The predicted molar refractivity (Wildman–Crippen MR) is 151 cm³/mol. The summed E-state index contributed by atoms with van der Waals surface area (Å²) in [6.07, 6.45) is -4.95. The first-order chi connectivity index (χ1) is 19.4. The van der Waals surface area contributed by atoms with Gasteiger partial charge in [-0.1, -0.05) is 63.2 Å². The van der Waals surface area contributed by atoms with E-state index >= 15 is 0 Å². The number of benzene rings is 3. The second-order valence-corrected chi connectivity index (χ2v) is 14.9. The van der Waals surface area contributed by atoms with Gasteiger partial charge < -0.3 is 10.6 Å². The lowest BCUT2D eigenvalue weighted by Crippen LogP contribution is -2.49. The Hall–Kier alpha value is -3.42. The third-order valence-corrected chi connectivity index (χ3v) is 10.6. The number of amides is 2. The van der Waals surface area contributed by atoms with Crippen molar-refractivity contribution in [2.45, 2.75) is 72.0 Å². The molecule has 8 nitrogen and oxygen atoms in total. The van der Waals surface area contributed by atoms with E-state index in [1.807, 2.05) is 45.0 Å². The minimum atomic E-state index is -5.08. The third kappa shape index (κ3) is 6.63. The fourth-order valence-electron chi connectivity index (χ4n) is 5.00. The Morgan fingerprint density at radius 2 is 1.52 bits per heavy atom. The molecule has 1 fully saturated rings. The highest BCUT2D eigenvalue weighted by molar-refractivity contribution is 7.91. The maximum absolute atomic E-state index is 13.9. The smallest absolute Gasteiger partial charge is 0.351 e. The molecule has 2 unspecified atom stereocenters. The Morgan fingerprint density at radius 1 is 0.905 bits per heavy atom. The molecule has 3 aromatic carbocycles. The number of sulfonamides is 1. The molecule has 4 rings (SSSR count). The summed E-state index contributed by atoms with van der Waals surface area (Å²) in [5, 5.41) is 0. The van der Waals surface area contributed by atoms with Crippen molar-refractivity contribution in [2.75, 3.05) is 6.54 Å². The standard InChI is InChI=1S/C29H32F3N3O5S2/c1-28(2,3)20-11-9-19(10-12-20)25-17-21(15-16-35(25)27(33)36)34-42(39,40)26-18-23(13-14-24(26)29(30,31)32)41(37,38)22-7-5-4-6-8-22/h4-14,18,21,25,34H,15-17H2,1-3H3,(H2,33,36). The van der Waals surface area contributed by atoms with E-state index in [1.54, 1.807) is 6.07 Å². The second-order valence-electron chi connectivity index (χ2n) is 11.2. The number of nitrogens with zero attached hydrogens (tertiary/aromatic N) is 1. The fraction of sp³-hybridized carbons (Fsp3) is 0.345. The number of likely N-dealkylation sites (tertiary alicyclic amines) is 1. The SMILES string of the molecule is CC(C)(C)c1ccc(C2CC(NS(=O)(=O)c3cc(S(=O)(=O)c4ccccc4)ccc3C(F)(F)F)CCN2C(N)=O)cc1. The van der Waals surface area contributed by atoms with Gasteiger partial charge in [-0.3, -0.25) is 0 Å². The number of primary amides is 1. The third-order valence-electron chi connectivity index (χ3n) is 7.28. The van der Waals surface area contributed by atoms with Crippen molar-refractivity contribution in [2.24, 2.45) is 5.73 Å². The molecule has 0 radical (unpaired) electrons. The maximum Gasteiger partial charge on any atom is 0.417 e. The molecule has 3 N–H and O–H groups in total. The summed E-state index contributed by atoms with van der Waals surface area (Å²) < 4.78 is 97.4. The van der Waals surface area contributed by atoms with Gasteiger partial charge in [-0.15, -0.1) is 0 Å². The number of hydrogen-bond acceptors (Lipinski definition) is 5. The molecule has 0 bridgehead atoms. The second kappa shape index (κ2) is 11.3. The van der Waals surface area contributed by atoms with E-state index in [2.05, 4.69) is 4.72 Å². The van der Waals surface area contributed by atoms with Gasteiger partial charge in [0.2, 0.25) is 19.9 Å². The summed E-state index contributed by atoms with van der Waals surface area (Å²) in [5.41, 5.74) is 5.70. The number of halogens is 3. The topological polar surface area (TPSA) is 127 Å². The number of piperidine rings is 1. The van der Waals surface area contributed by atoms with E-state index in [4.69, 9.17) is 5.73 Å². The van der Waals surface area contributed by atoms with Gasteiger partial charge >= 0.3 is 12.2 Å². The van der Waals surface area contributed by atoms with Crippen LogP contribution in [0.15, 0.2) is 87.5 Å². The average Bonchev–Trinajstić information content (AvgIpc) is 2.92. The first kappa shape index (κ1) is 31.5. The number of urea groups is 1. The number of hydrogen-bond donors (Lipinski definition) is 2. The highest BCUT2D eigenvalue weighted by atomic mass is 32.2. The summed E-state index contributed by atoms with van der Waals surface area (Å²) in [6, 6.07) is 14.0. The number of nitrogens with two attached hydrogens (primary N) is 1. The Morgan fingerprint density at radius 3 is 2.07 bits per heavy atom. The molecule has 0 spiro atoms. The minimum absolute atomic E-state index is 0.0421. The Balaban J connectivity index is 1.69. The predicted octanol–water partition coefficient (Wildman–Crippen LogP) is 5.40. The van der Waals surface area contributed by atoms with Crippen LogP contribution >= 0.6 is 0 Å². The molecule has 1 aliphatic heterocycles. The zero-order valence-corrected chi connectivity index (χ0v) is 24.9. The van der Waals surface area contributed by atoms with E-state index in [9.17, 15) is 34.8 Å². The van der Waals surface area contributed by atoms with Gasteiger partial charge in [-0.25, -0.2) is 26.4 Å². The van der Waals surface area contributed by atoms with Crippen molar-refractivity contribution in [3.05, 3.63) is 89.5 Å². The van der Waals surface area contributed by atoms with Crippen molar-refractivity contribution >= 4 is 25.9 Å². The van der Waals surface area contributed by atoms with Crippen LogP contribution in [0.3, 0.4) is 0 Å². The van der Waals surface area contributed by atoms with E-state index in [0.29, 0.717) is 17.7 Å². The molecular formula is C29H32F3N3O5S2. The molecule has 1 aliphatic rings. The molecule has 13 heteroatoms. The van der Waals surface area contributed by atoms with Crippen LogP contribution < -0.4 is 10.5 Å². The lowest BCUT2D eigenvalue weighted by Gasteiger charge is -2.39. The van der Waals surface area contributed by atoms with Gasteiger partial charge in [0.1, 0.15) is 0 Å². The van der Waals surface area contributed by atoms with E-state index in [1.165, 1.54) is 29.2 Å². The Bertz CT molecular complexity index is 1670. The van der Waals surface area contributed by atoms with Crippen molar-refractivity contribution in [3.63, 3.8) is 0 Å². The number of alkyl halides is 3. The summed E-state index contributed by atoms with van der Waals surface area (Å²) in [4.78, 5) is 11.6. The molecule has 3 aromatic rings. The molecule has 0 aliphatic carbocycles. The quantitative estimate of drug-likeness (QED) is 0.380. The highest BCUT2D eigenvalue weighted by Gasteiger charge is 2.40. The minimum Gasteiger partial charge on any atom is -0.351 e. The van der Waals surface area contributed by atoms with E-state index in [0.717, 1.165) is 11.6 Å². The summed E-state index contributed by atoms with van der Waals surface area (Å²) in [5.74, 6) is 0. The average molecular weight is 624 g/mol. The zero-order chi connectivity index (χ0) is 31.1. The number of carbonyl (C=O) groups excluding carboxylic acids is 1. The molecule has 42 heavy (non-hydrogen) atoms. The molecule has 0 aromatic heterocycles. The summed E-state index contributed by atoms with van der Waals surface area (Å²) in [6.45, 7) is 6.18. The monoisotopic (exact) mass is 623 g/mol. The molecular weight excluding hydrogens is 591 g/mol. The summed E-state index contributed by atoms with van der Waals surface area (Å²) in [7, 11) is -9.19. The Labute approximate surface area is 243 Å². The van der Waals surface area contributed by atoms with Crippen molar-refractivity contribution in [1.82, 2.24) is 9.62 Å². The van der Waals surface area contributed by atoms with Crippen LogP contribution in [0, 0.1) is 0 Å². The van der Waals surface area contributed by atoms with Gasteiger partial charge in [0, 0.05) is 12.6 Å². The Kier molecular flexibility index (Phi) is 8.51. The number of carbonyl (C=O) groups is 1. The first-order valence-electron chi connectivity index (χ1n) is 13.1. The highest BCUT2D eigenvalue weighted by Crippen LogP contribution is 2.38. The lowest BCUT2D eigenvalue weighted by molar-refractivity contribution is -0.139. The van der Waals surface area contributed by atoms with E-state index in [-0.39, 0.29) is 29.7 Å². The van der Waals surface area contributed by atoms with Crippen LogP contribution in [-0.2, 0) is 31.5 Å². The van der Waals surface area contributed by atoms with Crippen LogP contribution in [0.4, 0.5) is 18.0 Å². The van der Waals surface area contributed by atoms with Crippen molar-refractivity contribution < 1.29 is 34.8 Å². The first-order valence-corrected chi connectivity index (χ1v) is 16.1. The van der Waals surface area contributed by atoms with Gasteiger partial charge in [0.15, 0.2) is 0 Å². The fourth-order valence-corrected chi connectivity index (χ4v) is 7.92. The number of nitrogens with one attached hydrogen (secondary N) is 1. The van der Waals surface area contributed by atoms with Gasteiger partial charge in [-0.05, 0) is 59.7 Å². The van der Waals surface area contributed by atoms with Crippen LogP contribution in [0.2, 0.25) is 0 Å². The van der Waals surface area contributed by atoms with Crippen molar-refractivity contribution in [3.8, 4) is 0 Å². The normalized spacial score (nSPS) is 18.6. The lowest BCUT2D eigenvalue weighted by atomic mass is 9.85. The van der Waals surface area contributed by atoms with E-state index < -0.39 is 59.5 Å². The largest absolute Gasteiger partial charge is 0.417 e. The molecule has 2 atom stereocenters. The van der Waals surface area contributed by atoms with Crippen LogP contribution in [-0.4, -0.2) is 40.4 Å². The summed E-state index contributed by atoms with van der Waals surface area (Å²) >= 11 is 0. The van der Waals surface area contributed by atoms with Gasteiger partial charge in [0.25, 0.3) is 0 Å². The number of rotatable bonds is 6. The van der Waals surface area contributed by atoms with Crippen LogP contribution in [0.1, 0.15) is 56.3 Å². The molecule has 226 valence electrons. The molecule has 2 amide bonds. The maximum atomic E-state index is 13.9. The van der Waals surface area contributed by atoms with Crippen LogP contribution in [0.5, 0.6) is 0 Å². The van der Waals surface area contributed by atoms with Gasteiger partial charge in [-0.2, -0.15) is 13.2 Å². The number of sulfone groups is 1. The molecule has 1 saturated heterocycles. The van der Waals surface area contributed by atoms with Gasteiger partial charge in [0.05, 0.1) is 26.3 Å². The molecule has 0 saturated carbocycles. The van der Waals surface area contributed by atoms with Crippen LogP contribution in [0.25, 0.3) is 0 Å². The molecule has 1 heterocycles. The zero-order valence-electron chi connectivity index (χ0n) is 23.2. The van der Waals surface area contributed by atoms with Crippen molar-refractivity contribution in [1.29, 1.82) is 0 Å².